The molecule has 0 aliphatic carbocycles. The van der Waals surface area contributed by atoms with Crippen LogP contribution in [0.15, 0.2) is 36.7 Å². The van der Waals surface area contributed by atoms with Gasteiger partial charge < -0.3 is 4.57 Å². The van der Waals surface area contributed by atoms with Crippen molar-refractivity contribution in [1.29, 1.82) is 5.26 Å². The van der Waals surface area contributed by atoms with Gasteiger partial charge in [0.25, 0.3) is 0 Å². The van der Waals surface area contributed by atoms with E-state index in [9.17, 15) is 0 Å². The van der Waals surface area contributed by atoms with Gasteiger partial charge in [-0.25, -0.2) is 4.98 Å². The first-order valence-corrected chi connectivity index (χ1v) is 5.75. The highest BCUT2D eigenvalue weighted by Crippen LogP contribution is 2.21. The van der Waals surface area contributed by atoms with Crippen LogP contribution in [-0.2, 0) is 6.54 Å². The van der Waals surface area contributed by atoms with E-state index in [2.05, 4.69) is 18.0 Å². The number of benzene rings is 1. The Hall–Kier alpha value is -1.79. The predicted octanol–water partition coefficient (Wildman–Crippen LogP) is 3.21. The molecule has 0 bridgehead atoms. The van der Waals surface area contributed by atoms with Crippen LogP contribution in [0.4, 0.5) is 0 Å². The lowest BCUT2D eigenvalue weighted by molar-refractivity contribution is 0.591. The molecule has 0 fully saturated rings. The maximum absolute atomic E-state index is 8.88. The molecule has 1 aromatic heterocycles. The van der Waals surface area contributed by atoms with Crippen LogP contribution < -0.4 is 0 Å². The zero-order valence-electron chi connectivity index (χ0n) is 9.47. The monoisotopic (exact) mass is 245 g/mol. The summed E-state index contributed by atoms with van der Waals surface area (Å²) in [5.74, 6) is 0.730. The molecular formula is C13H12ClN3. The van der Waals surface area contributed by atoms with Gasteiger partial charge in [-0.2, -0.15) is 5.26 Å². The van der Waals surface area contributed by atoms with E-state index in [1.165, 1.54) is 0 Å². The molecule has 0 radical (unpaired) electrons. The number of nitrogens with zero attached hydrogens (tertiary/aromatic N) is 3. The van der Waals surface area contributed by atoms with Crippen LogP contribution >= 0.6 is 11.6 Å². The summed E-state index contributed by atoms with van der Waals surface area (Å²) in [5.41, 5.74) is 1.16. The van der Waals surface area contributed by atoms with Gasteiger partial charge in [0.15, 0.2) is 0 Å². The number of hydrogen-bond donors (Lipinski definition) is 0. The van der Waals surface area contributed by atoms with Crippen molar-refractivity contribution in [3.05, 3.63) is 53.1 Å². The molecule has 17 heavy (non-hydrogen) atoms. The van der Waals surface area contributed by atoms with Gasteiger partial charge in [-0.1, -0.05) is 30.7 Å². The highest BCUT2D eigenvalue weighted by molar-refractivity contribution is 6.30. The average Bonchev–Trinajstić information content (AvgIpc) is 2.76. The molecule has 2 rings (SSSR count). The van der Waals surface area contributed by atoms with E-state index in [4.69, 9.17) is 16.9 Å². The van der Waals surface area contributed by atoms with Gasteiger partial charge in [-0.3, -0.25) is 0 Å². The van der Waals surface area contributed by atoms with Crippen molar-refractivity contribution in [2.24, 2.45) is 0 Å². The second-order valence-corrected chi connectivity index (χ2v) is 4.41. The quantitative estimate of drug-likeness (QED) is 0.833. The summed E-state index contributed by atoms with van der Waals surface area (Å²) in [6.07, 6.45) is 3.46. The van der Waals surface area contributed by atoms with Crippen LogP contribution in [0.5, 0.6) is 0 Å². The van der Waals surface area contributed by atoms with Crippen molar-refractivity contribution in [2.45, 2.75) is 19.4 Å². The second-order valence-electron chi connectivity index (χ2n) is 3.97. The molecule has 86 valence electrons. The Morgan fingerprint density at radius 3 is 3.06 bits per heavy atom. The van der Waals surface area contributed by atoms with Crippen LogP contribution in [-0.4, -0.2) is 9.55 Å². The fourth-order valence-electron chi connectivity index (χ4n) is 1.78. The standard InChI is InChI=1S/C13H12ClN3/c1-10(11-3-2-4-12(14)7-11)9-17-6-5-16-13(17)8-15/h2-7,10H,9H2,1H3. The maximum Gasteiger partial charge on any atom is 0.212 e. The van der Waals surface area contributed by atoms with Crippen LogP contribution in [0.1, 0.15) is 24.2 Å². The Kier molecular flexibility index (Phi) is 3.46. The minimum Gasteiger partial charge on any atom is -0.322 e. The van der Waals surface area contributed by atoms with Crippen LogP contribution in [0, 0.1) is 11.3 Å². The Balaban J connectivity index is 2.17. The summed E-state index contributed by atoms with van der Waals surface area (Å²) in [4.78, 5) is 3.97. The van der Waals surface area contributed by atoms with E-state index in [0.29, 0.717) is 5.82 Å². The zero-order chi connectivity index (χ0) is 12.3. The molecule has 0 saturated heterocycles. The SMILES string of the molecule is CC(Cn1ccnc1C#N)c1cccc(Cl)c1. The van der Waals surface area contributed by atoms with Gasteiger partial charge in [0, 0.05) is 24.0 Å². The minimum absolute atomic E-state index is 0.287. The largest absolute Gasteiger partial charge is 0.322 e. The topological polar surface area (TPSA) is 41.6 Å². The summed E-state index contributed by atoms with van der Waals surface area (Å²) in [5, 5.41) is 9.62. The first-order valence-electron chi connectivity index (χ1n) is 5.37. The van der Waals surface area contributed by atoms with Gasteiger partial charge in [0.05, 0.1) is 0 Å². The molecule has 1 aromatic carbocycles. The second kappa shape index (κ2) is 5.03. The van der Waals surface area contributed by atoms with Gasteiger partial charge in [0.2, 0.25) is 5.82 Å². The molecule has 1 atom stereocenters. The number of imidazole rings is 1. The van der Waals surface area contributed by atoms with E-state index in [0.717, 1.165) is 17.1 Å². The molecule has 4 heteroatoms. The molecule has 0 N–H and O–H groups in total. The van der Waals surface area contributed by atoms with Crippen LogP contribution in [0.2, 0.25) is 5.02 Å². The highest BCUT2D eigenvalue weighted by atomic mass is 35.5. The van der Waals surface area contributed by atoms with E-state index in [1.54, 1.807) is 6.20 Å². The third kappa shape index (κ3) is 2.66. The van der Waals surface area contributed by atoms with E-state index >= 15 is 0 Å². The Labute approximate surface area is 105 Å². The fraction of sp³-hybridized carbons (Fsp3) is 0.231. The lowest BCUT2D eigenvalue weighted by Gasteiger charge is -2.13. The summed E-state index contributed by atoms with van der Waals surface area (Å²) in [6.45, 7) is 2.83. The van der Waals surface area contributed by atoms with Crippen molar-refractivity contribution in [2.75, 3.05) is 0 Å². The number of nitriles is 1. The van der Waals surface area contributed by atoms with Crippen molar-refractivity contribution in [3.63, 3.8) is 0 Å². The van der Waals surface area contributed by atoms with E-state index in [-0.39, 0.29) is 5.92 Å². The summed E-state index contributed by atoms with van der Waals surface area (Å²) in [6, 6.07) is 9.86. The van der Waals surface area contributed by atoms with Crippen LogP contribution in [0.25, 0.3) is 0 Å². The van der Waals surface area contributed by atoms with Crippen molar-refractivity contribution in [3.8, 4) is 6.07 Å². The van der Waals surface area contributed by atoms with Gasteiger partial charge in [0.1, 0.15) is 6.07 Å². The van der Waals surface area contributed by atoms with Crippen molar-refractivity contribution in [1.82, 2.24) is 9.55 Å². The molecular weight excluding hydrogens is 234 g/mol. The lowest BCUT2D eigenvalue weighted by atomic mass is 10.0. The normalized spacial score (nSPS) is 12.1. The Morgan fingerprint density at radius 2 is 2.35 bits per heavy atom. The van der Waals surface area contributed by atoms with Crippen LogP contribution in [0.3, 0.4) is 0 Å². The molecule has 3 nitrogen and oxygen atoms in total. The van der Waals surface area contributed by atoms with E-state index in [1.807, 2.05) is 35.0 Å². The molecule has 0 saturated carbocycles. The molecule has 1 heterocycles. The summed E-state index contributed by atoms with van der Waals surface area (Å²) in [7, 11) is 0. The number of aromatic nitrogens is 2. The van der Waals surface area contributed by atoms with Gasteiger partial charge in [-0.15, -0.1) is 0 Å². The van der Waals surface area contributed by atoms with E-state index < -0.39 is 0 Å². The van der Waals surface area contributed by atoms with Crippen molar-refractivity contribution < 1.29 is 0 Å². The number of hydrogen-bond acceptors (Lipinski definition) is 2. The van der Waals surface area contributed by atoms with Gasteiger partial charge in [-0.05, 0) is 23.6 Å². The van der Waals surface area contributed by atoms with Crippen molar-refractivity contribution >= 4 is 11.6 Å². The number of rotatable bonds is 3. The minimum atomic E-state index is 0.287. The zero-order valence-corrected chi connectivity index (χ0v) is 10.2. The molecule has 0 aliphatic heterocycles. The number of halogens is 1. The predicted molar refractivity (Wildman–Crippen MR) is 66.8 cm³/mol. The lowest BCUT2D eigenvalue weighted by Crippen LogP contribution is -2.07. The summed E-state index contributed by atoms with van der Waals surface area (Å²) < 4.78 is 1.85. The third-order valence-electron chi connectivity index (χ3n) is 2.70. The fourth-order valence-corrected chi connectivity index (χ4v) is 1.98. The smallest absolute Gasteiger partial charge is 0.212 e. The molecule has 0 aliphatic rings. The average molecular weight is 246 g/mol. The molecule has 2 aromatic rings. The van der Waals surface area contributed by atoms with Gasteiger partial charge >= 0.3 is 0 Å². The Bertz CT molecular complexity index is 554. The molecule has 0 spiro atoms. The maximum atomic E-state index is 8.88. The summed E-state index contributed by atoms with van der Waals surface area (Å²) >= 11 is 5.96. The first-order chi connectivity index (χ1) is 8.20. The third-order valence-corrected chi connectivity index (χ3v) is 2.94. The Morgan fingerprint density at radius 1 is 1.53 bits per heavy atom. The molecule has 1 unspecified atom stereocenters. The highest BCUT2D eigenvalue weighted by Gasteiger charge is 2.09. The first kappa shape index (κ1) is 11.7. The molecule has 0 amide bonds.